The molecule has 110 valence electrons. The molecule has 1 aromatic carbocycles. The molecule has 5 nitrogen and oxygen atoms in total. The first-order chi connectivity index (χ1) is 10.0. The lowest BCUT2D eigenvalue weighted by atomic mass is 10.2. The maximum Gasteiger partial charge on any atom is 0.343 e. The number of ether oxygens (including phenoxy) is 1. The summed E-state index contributed by atoms with van der Waals surface area (Å²) in [5.41, 5.74) is 7.81. The molecule has 2 N–H and O–H groups in total. The van der Waals surface area contributed by atoms with Gasteiger partial charge in [-0.15, -0.1) is 11.8 Å². The first-order valence-electron chi connectivity index (χ1n) is 6.42. The van der Waals surface area contributed by atoms with Gasteiger partial charge in [-0.25, -0.2) is 14.8 Å². The fourth-order valence-corrected chi connectivity index (χ4v) is 2.80. The largest absolute Gasteiger partial charge is 0.465 e. The van der Waals surface area contributed by atoms with Crippen LogP contribution in [0.25, 0.3) is 0 Å². The Morgan fingerprint density at radius 1 is 1.33 bits per heavy atom. The minimum atomic E-state index is -0.511. The molecule has 6 heteroatoms. The molecule has 21 heavy (non-hydrogen) atoms. The first-order valence-corrected chi connectivity index (χ1v) is 7.40. The van der Waals surface area contributed by atoms with Crippen molar-refractivity contribution in [3.63, 3.8) is 0 Å². The van der Waals surface area contributed by atoms with E-state index in [1.165, 1.54) is 12.7 Å². The zero-order valence-corrected chi connectivity index (χ0v) is 13.0. The molecule has 1 aromatic heterocycles. The van der Waals surface area contributed by atoms with Crippen molar-refractivity contribution in [3.8, 4) is 0 Å². The molecule has 0 unspecified atom stereocenters. The third-order valence-electron chi connectivity index (χ3n) is 2.91. The molecule has 2 rings (SSSR count). The van der Waals surface area contributed by atoms with Crippen LogP contribution in [-0.4, -0.2) is 23.0 Å². The van der Waals surface area contributed by atoms with Gasteiger partial charge < -0.3 is 10.5 Å². The second kappa shape index (κ2) is 6.58. The molecular formula is C15H17N3O2S. The number of hydrogen-bond donors (Lipinski definition) is 1. The summed E-state index contributed by atoms with van der Waals surface area (Å²) in [5, 5.41) is 0. The number of thioether (sulfide) groups is 1. The summed E-state index contributed by atoms with van der Waals surface area (Å²) < 4.78 is 4.68. The number of esters is 1. The molecule has 0 saturated carbocycles. The first kappa shape index (κ1) is 15.3. The Labute approximate surface area is 127 Å². The van der Waals surface area contributed by atoms with Crippen LogP contribution in [0.2, 0.25) is 0 Å². The fourth-order valence-electron chi connectivity index (χ4n) is 1.93. The average Bonchev–Trinajstić information content (AvgIpc) is 2.44. The SMILES string of the molecule is COC(=O)c1c(C)nc(CSc2cccc(C)c2)nc1N. The number of anilines is 1. The van der Waals surface area contributed by atoms with E-state index in [0.717, 1.165) is 4.90 Å². The molecule has 0 amide bonds. The van der Waals surface area contributed by atoms with E-state index in [1.54, 1.807) is 18.7 Å². The van der Waals surface area contributed by atoms with Crippen LogP contribution < -0.4 is 5.73 Å². The second-order valence-corrected chi connectivity index (χ2v) is 5.63. The van der Waals surface area contributed by atoms with Crippen LogP contribution in [0.15, 0.2) is 29.2 Å². The Hall–Kier alpha value is -2.08. The highest BCUT2D eigenvalue weighted by atomic mass is 32.2. The van der Waals surface area contributed by atoms with Crippen molar-refractivity contribution in [2.45, 2.75) is 24.5 Å². The highest BCUT2D eigenvalue weighted by Crippen LogP contribution is 2.23. The monoisotopic (exact) mass is 303 g/mol. The number of methoxy groups -OCH3 is 1. The van der Waals surface area contributed by atoms with Gasteiger partial charge in [0.1, 0.15) is 17.2 Å². The van der Waals surface area contributed by atoms with E-state index in [0.29, 0.717) is 17.3 Å². The molecule has 0 spiro atoms. The Balaban J connectivity index is 2.17. The van der Waals surface area contributed by atoms with Crippen LogP contribution in [0.5, 0.6) is 0 Å². The van der Waals surface area contributed by atoms with E-state index in [2.05, 4.69) is 20.8 Å². The summed E-state index contributed by atoms with van der Waals surface area (Å²) >= 11 is 1.63. The average molecular weight is 303 g/mol. The van der Waals surface area contributed by atoms with Gasteiger partial charge in [-0.3, -0.25) is 0 Å². The molecule has 0 atom stereocenters. The number of aryl methyl sites for hydroxylation is 2. The fraction of sp³-hybridized carbons (Fsp3) is 0.267. The van der Waals surface area contributed by atoms with Gasteiger partial charge in [0.15, 0.2) is 0 Å². The summed E-state index contributed by atoms with van der Waals surface area (Å²) in [6.45, 7) is 3.78. The minimum absolute atomic E-state index is 0.161. The highest BCUT2D eigenvalue weighted by molar-refractivity contribution is 7.98. The number of hydrogen-bond acceptors (Lipinski definition) is 6. The Kier molecular flexibility index (Phi) is 4.80. The molecule has 0 aliphatic carbocycles. The lowest BCUT2D eigenvalue weighted by molar-refractivity contribution is 0.0600. The van der Waals surface area contributed by atoms with Gasteiger partial charge in [0.05, 0.1) is 18.6 Å². The number of carbonyl (C=O) groups is 1. The van der Waals surface area contributed by atoms with Crippen LogP contribution in [0, 0.1) is 13.8 Å². The zero-order chi connectivity index (χ0) is 15.4. The van der Waals surface area contributed by atoms with Crippen molar-refractivity contribution in [1.82, 2.24) is 9.97 Å². The van der Waals surface area contributed by atoms with E-state index in [1.807, 2.05) is 25.1 Å². The van der Waals surface area contributed by atoms with Gasteiger partial charge >= 0.3 is 5.97 Å². The van der Waals surface area contributed by atoms with Crippen molar-refractivity contribution >= 4 is 23.5 Å². The van der Waals surface area contributed by atoms with Crippen LogP contribution >= 0.6 is 11.8 Å². The van der Waals surface area contributed by atoms with Gasteiger partial charge in [-0.05, 0) is 26.0 Å². The standard InChI is InChI=1S/C15H17N3O2S/c1-9-5-4-6-11(7-9)21-8-12-17-10(2)13(14(16)18-12)15(19)20-3/h4-7H,8H2,1-3H3,(H2,16,17,18). The van der Waals surface area contributed by atoms with E-state index in [9.17, 15) is 4.79 Å². The lowest BCUT2D eigenvalue weighted by Gasteiger charge is -2.08. The number of nitrogen functional groups attached to an aromatic ring is 1. The molecular weight excluding hydrogens is 286 g/mol. The molecule has 0 bridgehead atoms. The van der Waals surface area contributed by atoms with Crippen molar-refractivity contribution in [2.75, 3.05) is 12.8 Å². The summed E-state index contributed by atoms with van der Waals surface area (Å²) in [5.74, 6) is 0.844. The summed E-state index contributed by atoms with van der Waals surface area (Å²) in [6, 6.07) is 8.20. The third kappa shape index (κ3) is 3.72. The van der Waals surface area contributed by atoms with E-state index < -0.39 is 5.97 Å². The van der Waals surface area contributed by atoms with Crippen LogP contribution in [-0.2, 0) is 10.5 Å². The predicted molar refractivity (Wildman–Crippen MR) is 83.3 cm³/mol. The van der Waals surface area contributed by atoms with Crippen LogP contribution in [0.4, 0.5) is 5.82 Å². The van der Waals surface area contributed by atoms with Gasteiger partial charge in [0.2, 0.25) is 0 Å². The van der Waals surface area contributed by atoms with Gasteiger partial charge in [-0.2, -0.15) is 0 Å². The van der Waals surface area contributed by atoms with Gasteiger partial charge in [0.25, 0.3) is 0 Å². The van der Waals surface area contributed by atoms with Crippen LogP contribution in [0.1, 0.15) is 27.4 Å². The highest BCUT2D eigenvalue weighted by Gasteiger charge is 2.17. The van der Waals surface area contributed by atoms with E-state index in [-0.39, 0.29) is 11.4 Å². The van der Waals surface area contributed by atoms with Gasteiger partial charge in [0, 0.05) is 4.90 Å². The maximum absolute atomic E-state index is 11.6. The van der Waals surface area contributed by atoms with Crippen molar-refractivity contribution in [3.05, 3.63) is 46.9 Å². The topological polar surface area (TPSA) is 78.1 Å². The van der Waals surface area contributed by atoms with Crippen molar-refractivity contribution < 1.29 is 9.53 Å². The van der Waals surface area contributed by atoms with E-state index in [4.69, 9.17) is 5.73 Å². The van der Waals surface area contributed by atoms with Crippen molar-refractivity contribution in [2.24, 2.45) is 0 Å². The smallest absolute Gasteiger partial charge is 0.343 e. The van der Waals surface area contributed by atoms with Gasteiger partial charge in [-0.1, -0.05) is 17.7 Å². The Morgan fingerprint density at radius 2 is 2.10 bits per heavy atom. The number of carbonyl (C=O) groups excluding carboxylic acids is 1. The molecule has 0 aliphatic rings. The summed E-state index contributed by atoms with van der Waals surface area (Å²) in [7, 11) is 1.31. The predicted octanol–water partition coefficient (Wildman–Crippen LogP) is 2.75. The summed E-state index contributed by atoms with van der Waals surface area (Å²) in [6.07, 6.45) is 0. The second-order valence-electron chi connectivity index (χ2n) is 4.58. The number of nitrogens with zero attached hydrogens (tertiary/aromatic N) is 2. The van der Waals surface area contributed by atoms with E-state index >= 15 is 0 Å². The lowest BCUT2D eigenvalue weighted by Crippen LogP contribution is -2.13. The quantitative estimate of drug-likeness (QED) is 0.691. The maximum atomic E-state index is 11.6. The Bertz CT molecular complexity index is 651. The molecule has 1 heterocycles. The number of benzene rings is 1. The Morgan fingerprint density at radius 3 is 2.71 bits per heavy atom. The molecule has 2 aromatic rings. The third-order valence-corrected chi connectivity index (χ3v) is 3.90. The summed E-state index contributed by atoms with van der Waals surface area (Å²) in [4.78, 5) is 21.3. The minimum Gasteiger partial charge on any atom is -0.465 e. The number of nitrogens with two attached hydrogens (primary N) is 1. The molecule has 0 fully saturated rings. The van der Waals surface area contributed by atoms with Crippen LogP contribution in [0.3, 0.4) is 0 Å². The molecule has 0 aliphatic heterocycles. The number of rotatable bonds is 4. The molecule has 0 radical (unpaired) electrons. The number of aromatic nitrogens is 2. The molecule has 0 saturated heterocycles. The normalized spacial score (nSPS) is 10.4. The zero-order valence-electron chi connectivity index (χ0n) is 12.2. The van der Waals surface area contributed by atoms with Crippen molar-refractivity contribution in [1.29, 1.82) is 0 Å².